The van der Waals surface area contributed by atoms with Crippen molar-refractivity contribution < 1.29 is 0 Å². The van der Waals surface area contributed by atoms with Gasteiger partial charge in [0.15, 0.2) is 0 Å². The summed E-state index contributed by atoms with van der Waals surface area (Å²) in [7, 11) is 2.16. The van der Waals surface area contributed by atoms with Crippen molar-refractivity contribution in [2.75, 3.05) is 38.2 Å². The van der Waals surface area contributed by atoms with Crippen LogP contribution in [0.2, 0.25) is 0 Å². The zero-order chi connectivity index (χ0) is 8.53. The average molecular weight is 176 g/mol. The summed E-state index contributed by atoms with van der Waals surface area (Å²) >= 11 is 2.00. The second-order valence-electron chi connectivity index (χ2n) is 2.64. The molecule has 0 atom stereocenters. The van der Waals surface area contributed by atoms with Crippen molar-refractivity contribution in [2.45, 2.75) is 13.3 Å². The number of hydrogen-bond acceptors (Lipinski definition) is 3. The molecule has 0 spiro atoms. The molecule has 0 saturated carbocycles. The molecule has 3 heteroatoms. The summed E-state index contributed by atoms with van der Waals surface area (Å²) in [5.41, 5.74) is 5.40. The Morgan fingerprint density at radius 2 is 2.09 bits per heavy atom. The molecule has 0 aromatic heterocycles. The van der Waals surface area contributed by atoms with Crippen LogP contribution in [0.5, 0.6) is 0 Å². The molecule has 0 aliphatic rings. The zero-order valence-electron chi connectivity index (χ0n) is 7.68. The summed E-state index contributed by atoms with van der Waals surface area (Å²) in [6.07, 6.45) is 1.12. The van der Waals surface area contributed by atoms with Gasteiger partial charge in [0, 0.05) is 12.3 Å². The molecular formula is C8H20N2S. The summed E-state index contributed by atoms with van der Waals surface area (Å²) in [6.45, 7) is 5.34. The van der Waals surface area contributed by atoms with Gasteiger partial charge in [-0.1, -0.05) is 6.92 Å². The van der Waals surface area contributed by atoms with Crippen molar-refractivity contribution >= 4 is 11.8 Å². The van der Waals surface area contributed by atoms with E-state index in [1.807, 2.05) is 11.8 Å². The molecule has 2 N–H and O–H groups in total. The molecule has 0 saturated heterocycles. The van der Waals surface area contributed by atoms with Crippen LogP contribution in [-0.4, -0.2) is 43.1 Å². The minimum Gasteiger partial charge on any atom is -0.330 e. The fraction of sp³-hybridized carbons (Fsp3) is 1.00. The zero-order valence-corrected chi connectivity index (χ0v) is 8.49. The maximum atomic E-state index is 5.40. The number of hydrogen-bond donors (Lipinski definition) is 1. The van der Waals surface area contributed by atoms with E-state index in [4.69, 9.17) is 5.73 Å². The van der Waals surface area contributed by atoms with Gasteiger partial charge in [0.2, 0.25) is 0 Å². The highest BCUT2D eigenvalue weighted by molar-refractivity contribution is 7.99. The molecule has 0 unspecified atom stereocenters. The number of rotatable bonds is 7. The third-order valence-electron chi connectivity index (χ3n) is 1.57. The van der Waals surface area contributed by atoms with Gasteiger partial charge >= 0.3 is 0 Å². The van der Waals surface area contributed by atoms with E-state index in [0.29, 0.717) is 0 Å². The first-order valence-electron chi connectivity index (χ1n) is 4.27. The van der Waals surface area contributed by atoms with E-state index >= 15 is 0 Å². The normalized spacial score (nSPS) is 10.9. The van der Waals surface area contributed by atoms with Crippen LogP contribution in [0.25, 0.3) is 0 Å². The average Bonchev–Trinajstić information content (AvgIpc) is 2.01. The third kappa shape index (κ3) is 8.17. The molecule has 2 nitrogen and oxygen atoms in total. The van der Waals surface area contributed by atoms with Gasteiger partial charge in [0.25, 0.3) is 0 Å². The Balaban J connectivity index is 3.02. The summed E-state index contributed by atoms with van der Waals surface area (Å²) in [4.78, 5) is 2.34. The largest absolute Gasteiger partial charge is 0.330 e. The van der Waals surface area contributed by atoms with Crippen molar-refractivity contribution in [3.05, 3.63) is 0 Å². The maximum Gasteiger partial charge on any atom is 0.00693 e. The van der Waals surface area contributed by atoms with Crippen molar-refractivity contribution in [3.8, 4) is 0 Å². The molecule has 0 rings (SSSR count). The SMILES string of the molecule is CCSCCN(C)CCCN. The minimum atomic E-state index is 0.811. The molecule has 0 heterocycles. The van der Waals surface area contributed by atoms with Gasteiger partial charge in [0.05, 0.1) is 0 Å². The Hall–Kier alpha value is 0.270. The maximum absolute atomic E-state index is 5.40. The summed E-state index contributed by atoms with van der Waals surface area (Å²) < 4.78 is 0. The highest BCUT2D eigenvalue weighted by atomic mass is 32.2. The fourth-order valence-electron chi connectivity index (χ4n) is 0.838. The molecule has 11 heavy (non-hydrogen) atoms. The van der Waals surface area contributed by atoms with Crippen LogP contribution in [0.4, 0.5) is 0 Å². The van der Waals surface area contributed by atoms with Crippen molar-refractivity contribution in [2.24, 2.45) is 5.73 Å². The van der Waals surface area contributed by atoms with Gasteiger partial charge in [0.1, 0.15) is 0 Å². The van der Waals surface area contributed by atoms with E-state index in [-0.39, 0.29) is 0 Å². The molecular weight excluding hydrogens is 156 g/mol. The van der Waals surface area contributed by atoms with Gasteiger partial charge in [-0.2, -0.15) is 11.8 Å². The first-order valence-corrected chi connectivity index (χ1v) is 5.43. The molecule has 0 aliphatic carbocycles. The molecule has 0 aromatic carbocycles. The summed E-state index contributed by atoms with van der Waals surface area (Å²) in [6, 6.07) is 0. The Bertz CT molecular complexity index is 78.5. The summed E-state index contributed by atoms with van der Waals surface area (Å²) in [5, 5.41) is 0. The molecule has 0 aromatic rings. The van der Waals surface area contributed by atoms with Crippen LogP contribution in [-0.2, 0) is 0 Å². The molecule has 0 bridgehead atoms. The quantitative estimate of drug-likeness (QED) is 0.587. The van der Waals surface area contributed by atoms with Gasteiger partial charge in [-0.25, -0.2) is 0 Å². The Morgan fingerprint density at radius 3 is 2.64 bits per heavy atom. The molecule has 0 amide bonds. The van der Waals surface area contributed by atoms with E-state index in [1.165, 1.54) is 18.1 Å². The number of nitrogens with two attached hydrogens (primary N) is 1. The van der Waals surface area contributed by atoms with Crippen molar-refractivity contribution in [1.82, 2.24) is 4.90 Å². The van der Waals surface area contributed by atoms with Gasteiger partial charge in [-0.3, -0.25) is 0 Å². The topological polar surface area (TPSA) is 29.3 Å². The lowest BCUT2D eigenvalue weighted by molar-refractivity contribution is 0.352. The second-order valence-corrected chi connectivity index (χ2v) is 4.04. The lowest BCUT2D eigenvalue weighted by Crippen LogP contribution is -2.24. The van der Waals surface area contributed by atoms with E-state index < -0.39 is 0 Å². The van der Waals surface area contributed by atoms with Crippen LogP contribution in [0.3, 0.4) is 0 Å². The first kappa shape index (κ1) is 11.3. The predicted molar refractivity (Wildman–Crippen MR) is 54.2 cm³/mol. The van der Waals surface area contributed by atoms with E-state index in [0.717, 1.165) is 19.5 Å². The standard InChI is InChI=1S/C8H20N2S/c1-3-11-8-7-10(2)6-4-5-9/h3-9H2,1-2H3. The molecule has 0 radical (unpaired) electrons. The number of thioether (sulfide) groups is 1. The van der Waals surface area contributed by atoms with Crippen LogP contribution >= 0.6 is 11.8 Å². The molecule has 68 valence electrons. The lowest BCUT2D eigenvalue weighted by atomic mass is 10.4. The van der Waals surface area contributed by atoms with Crippen molar-refractivity contribution in [1.29, 1.82) is 0 Å². The van der Waals surface area contributed by atoms with Crippen LogP contribution in [0.1, 0.15) is 13.3 Å². The van der Waals surface area contributed by atoms with E-state index in [9.17, 15) is 0 Å². The molecule has 0 fully saturated rings. The Labute approximate surface area is 74.5 Å². The molecule has 0 aliphatic heterocycles. The Kier molecular flexibility index (Phi) is 8.57. The number of nitrogens with zero attached hydrogens (tertiary/aromatic N) is 1. The smallest absolute Gasteiger partial charge is 0.00693 e. The van der Waals surface area contributed by atoms with Gasteiger partial charge in [-0.15, -0.1) is 0 Å². The van der Waals surface area contributed by atoms with Crippen LogP contribution in [0.15, 0.2) is 0 Å². The highest BCUT2D eigenvalue weighted by Gasteiger charge is 1.95. The van der Waals surface area contributed by atoms with E-state index in [1.54, 1.807) is 0 Å². The minimum absolute atomic E-state index is 0.811. The van der Waals surface area contributed by atoms with Gasteiger partial charge in [-0.05, 0) is 32.3 Å². The monoisotopic (exact) mass is 176 g/mol. The van der Waals surface area contributed by atoms with Crippen molar-refractivity contribution in [3.63, 3.8) is 0 Å². The Morgan fingerprint density at radius 1 is 1.36 bits per heavy atom. The third-order valence-corrected chi connectivity index (χ3v) is 2.44. The second kappa shape index (κ2) is 8.37. The fourth-order valence-corrected chi connectivity index (χ4v) is 1.57. The summed E-state index contributed by atoms with van der Waals surface area (Å²) in [5.74, 6) is 2.47. The van der Waals surface area contributed by atoms with Gasteiger partial charge < -0.3 is 10.6 Å². The van der Waals surface area contributed by atoms with Crippen LogP contribution in [0, 0.1) is 0 Å². The van der Waals surface area contributed by atoms with E-state index in [2.05, 4.69) is 18.9 Å². The lowest BCUT2D eigenvalue weighted by Gasteiger charge is -2.14. The van der Waals surface area contributed by atoms with Crippen LogP contribution < -0.4 is 5.73 Å². The predicted octanol–water partition coefficient (Wildman–Crippen LogP) is 1.02. The first-order chi connectivity index (χ1) is 5.31. The highest BCUT2D eigenvalue weighted by Crippen LogP contribution is 1.98.